The zero-order valence-corrected chi connectivity index (χ0v) is 11.3. The average molecular weight is 253 g/mol. The van der Waals surface area contributed by atoms with Gasteiger partial charge >= 0.3 is 0 Å². The zero-order valence-electron chi connectivity index (χ0n) is 10.5. The summed E-state index contributed by atoms with van der Waals surface area (Å²) >= 11 is 1.48. The summed E-state index contributed by atoms with van der Waals surface area (Å²) in [5.41, 5.74) is 0.909. The second-order valence-electron chi connectivity index (χ2n) is 4.04. The number of thioether (sulfide) groups is 1. The number of benzene rings is 1. The van der Waals surface area contributed by atoms with Gasteiger partial charge in [-0.3, -0.25) is 4.79 Å². The van der Waals surface area contributed by atoms with Crippen LogP contribution in [0.1, 0.15) is 25.0 Å². The normalized spacial score (nSPS) is 12.2. The van der Waals surface area contributed by atoms with Crippen molar-refractivity contribution in [2.75, 3.05) is 19.8 Å². The van der Waals surface area contributed by atoms with Gasteiger partial charge in [0.15, 0.2) is 0 Å². The van der Waals surface area contributed by atoms with Gasteiger partial charge in [0, 0.05) is 19.0 Å². The van der Waals surface area contributed by atoms with Crippen LogP contribution in [0.25, 0.3) is 0 Å². The number of carbonyl (C=O) groups is 1. The van der Waals surface area contributed by atoms with Crippen LogP contribution in [0.3, 0.4) is 0 Å². The molecule has 3 nitrogen and oxygen atoms in total. The van der Waals surface area contributed by atoms with Gasteiger partial charge in [0.05, 0.1) is 11.9 Å². The SMILES string of the molecule is CC[C@H](O)c1ccccc1SCC(=O)N(C)C. The molecule has 0 aliphatic heterocycles. The van der Waals surface area contributed by atoms with Crippen molar-refractivity contribution >= 4 is 17.7 Å². The highest BCUT2D eigenvalue weighted by Gasteiger charge is 2.12. The van der Waals surface area contributed by atoms with Crippen LogP contribution in [0.2, 0.25) is 0 Å². The fourth-order valence-electron chi connectivity index (χ4n) is 1.38. The molecule has 0 fully saturated rings. The third kappa shape index (κ3) is 4.06. The monoisotopic (exact) mass is 253 g/mol. The molecule has 0 saturated heterocycles. The molecule has 0 unspecified atom stereocenters. The van der Waals surface area contributed by atoms with Gasteiger partial charge in [0.1, 0.15) is 0 Å². The maximum Gasteiger partial charge on any atom is 0.232 e. The first-order valence-corrected chi connectivity index (χ1v) is 6.64. The Hall–Kier alpha value is -1.00. The van der Waals surface area contributed by atoms with Crippen LogP contribution in [0.15, 0.2) is 29.2 Å². The van der Waals surface area contributed by atoms with E-state index in [1.807, 2.05) is 31.2 Å². The number of carbonyl (C=O) groups excluding carboxylic acids is 1. The largest absolute Gasteiger partial charge is 0.388 e. The molecule has 1 N–H and O–H groups in total. The summed E-state index contributed by atoms with van der Waals surface area (Å²) < 4.78 is 0. The molecular formula is C13H19NO2S. The molecule has 0 saturated carbocycles. The third-order valence-electron chi connectivity index (χ3n) is 2.51. The Morgan fingerprint density at radius 1 is 1.41 bits per heavy atom. The van der Waals surface area contributed by atoms with Crippen molar-refractivity contribution in [3.8, 4) is 0 Å². The van der Waals surface area contributed by atoms with Crippen molar-refractivity contribution in [2.45, 2.75) is 24.3 Å². The Bertz CT molecular complexity index is 379. The van der Waals surface area contributed by atoms with E-state index in [2.05, 4.69) is 0 Å². The molecule has 1 aromatic rings. The number of aliphatic hydroxyl groups is 1. The van der Waals surface area contributed by atoms with Crippen molar-refractivity contribution in [1.82, 2.24) is 4.90 Å². The van der Waals surface area contributed by atoms with E-state index in [1.54, 1.807) is 19.0 Å². The van der Waals surface area contributed by atoms with Gasteiger partial charge in [-0.05, 0) is 18.1 Å². The van der Waals surface area contributed by atoms with Gasteiger partial charge < -0.3 is 10.0 Å². The number of hydrogen-bond acceptors (Lipinski definition) is 3. The summed E-state index contributed by atoms with van der Waals surface area (Å²) in [5, 5.41) is 9.88. The van der Waals surface area contributed by atoms with Gasteiger partial charge in [0.25, 0.3) is 0 Å². The number of rotatable bonds is 5. The van der Waals surface area contributed by atoms with Gasteiger partial charge in [-0.25, -0.2) is 0 Å². The highest BCUT2D eigenvalue weighted by atomic mass is 32.2. The lowest BCUT2D eigenvalue weighted by Gasteiger charge is -2.14. The quantitative estimate of drug-likeness (QED) is 0.819. The molecule has 0 aliphatic carbocycles. The molecule has 1 atom stereocenters. The number of amides is 1. The van der Waals surface area contributed by atoms with Crippen molar-refractivity contribution < 1.29 is 9.90 Å². The predicted octanol–water partition coefficient (Wildman–Crippen LogP) is 2.31. The van der Waals surface area contributed by atoms with Crippen LogP contribution in [0, 0.1) is 0 Å². The molecule has 0 heterocycles. The summed E-state index contributed by atoms with van der Waals surface area (Å²) in [4.78, 5) is 14.1. The lowest BCUT2D eigenvalue weighted by molar-refractivity contribution is -0.125. The first kappa shape index (κ1) is 14.1. The lowest BCUT2D eigenvalue weighted by atomic mass is 10.1. The molecular weight excluding hydrogens is 234 g/mol. The number of nitrogens with zero attached hydrogens (tertiary/aromatic N) is 1. The van der Waals surface area contributed by atoms with Crippen LogP contribution < -0.4 is 0 Å². The Labute approximate surface area is 107 Å². The van der Waals surface area contributed by atoms with Crippen molar-refractivity contribution in [1.29, 1.82) is 0 Å². The summed E-state index contributed by atoms with van der Waals surface area (Å²) in [7, 11) is 3.49. The molecule has 1 aromatic carbocycles. The summed E-state index contributed by atoms with van der Waals surface area (Å²) in [5.74, 6) is 0.483. The van der Waals surface area contributed by atoms with E-state index in [4.69, 9.17) is 0 Å². The van der Waals surface area contributed by atoms with Gasteiger partial charge in [-0.1, -0.05) is 25.1 Å². The minimum absolute atomic E-state index is 0.0794. The maximum atomic E-state index is 11.5. The van der Waals surface area contributed by atoms with E-state index >= 15 is 0 Å². The van der Waals surface area contributed by atoms with Crippen LogP contribution in [-0.2, 0) is 4.79 Å². The van der Waals surface area contributed by atoms with E-state index in [0.717, 1.165) is 10.5 Å². The topological polar surface area (TPSA) is 40.5 Å². The first-order chi connectivity index (χ1) is 8.06. The van der Waals surface area contributed by atoms with E-state index in [9.17, 15) is 9.90 Å². The number of hydrogen-bond donors (Lipinski definition) is 1. The fraction of sp³-hybridized carbons (Fsp3) is 0.462. The van der Waals surface area contributed by atoms with Crippen LogP contribution in [-0.4, -0.2) is 35.8 Å². The summed E-state index contributed by atoms with van der Waals surface area (Å²) in [6.07, 6.45) is 0.229. The second kappa shape index (κ2) is 6.67. The van der Waals surface area contributed by atoms with Crippen LogP contribution in [0.5, 0.6) is 0 Å². The van der Waals surface area contributed by atoms with Crippen molar-refractivity contribution in [3.05, 3.63) is 29.8 Å². The van der Waals surface area contributed by atoms with Crippen LogP contribution >= 0.6 is 11.8 Å². The van der Waals surface area contributed by atoms with E-state index in [1.165, 1.54) is 11.8 Å². The fourth-order valence-corrected chi connectivity index (χ4v) is 2.46. The molecule has 0 aromatic heterocycles. The Balaban J connectivity index is 2.74. The Kier molecular flexibility index (Phi) is 5.51. The molecule has 0 radical (unpaired) electrons. The average Bonchev–Trinajstić information content (AvgIpc) is 2.35. The third-order valence-corrected chi connectivity index (χ3v) is 3.59. The molecule has 1 amide bonds. The minimum atomic E-state index is -0.451. The van der Waals surface area contributed by atoms with Gasteiger partial charge in [-0.15, -0.1) is 11.8 Å². The molecule has 4 heteroatoms. The lowest BCUT2D eigenvalue weighted by Crippen LogP contribution is -2.23. The van der Waals surface area contributed by atoms with Crippen LogP contribution in [0.4, 0.5) is 0 Å². The predicted molar refractivity (Wildman–Crippen MR) is 71.1 cm³/mol. The standard InChI is InChI=1S/C13H19NO2S/c1-4-11(15)10-7-5-6-8-12(10)17-9-13(16)14(2)3/h5-8,11,15H,4,9H2,1-3H3/t11-/m0/s1. The molecule has 1 rings (SSSR count). The summed E-state index contributed by atoms with van der Waals surface area (Å²) in [6, 6.07) is 7.69. The highest BCUT2D eigenvalue weighted by molar-refractivity contribution is 8.00. The minimum Gasteiger partial charge on any atom is -0.388 e. The maximum absolute atomic E-state index is 11.5. The number of aliphatic hydroxyl groups excluding tert-OH is 1. The Morgan fingerprint density at radius 3 is 2.65 bits per heavy atom. The van der Waals surface area contributed by atoms with E-state index in [-0.39, 0.29) is 5.91 Å². The molecule has 0 aliphatic rings. The Morgan fingerprint density at radius 2 is 2.06 bits per heavy atom. The smallest absolute Gasteiger partial charge is 0.232 e. The summed E-state index contributed by atoms with van der Waals surface area (Å²) in [6.45, 7) is 1.94. The van der Waals surface area contributed by atoms with Gasteiger partial charge in [0.2, 0.25) is 5.91 Å². The molecule has 17 heavy (non-hydrogen) atoms. The zero-order chi connectivity index (χ0) is 12.8. The van der Waals surface area contributed by atoms with E-state index in [0.29, 0.717) is 12.2 Å². The second-order valence-corrected chi connectivity index (χ2v) is 5.06. The van der Waals surface area contributed by atoms with Crippen molar-refractivity contribution in [3.63, 3.8) is 0 Å². The molecule has 0 spiro atoms. The molecule has 0 bridgehead atoms. The van der Waals surface area contributed by atoms with Crippen molar-refractivity contribution in [2.24, 2.45) is 0 Å². The van der Waals surface area contributed by atoms with E-state index < -0.39 is 6.10 Å². The first-order valence-electron chi connectivity index (χ1n) is 5.66. The molecule has 94 valence electrons. The van der Waals surface area contributed by atoms with Gasteiger partial charge in [-0.2, -0.15) is 0 Å². The highest BCUT2D eigenvalue weighted by Crippen LogP contribution is 2.28.